The van der Waals surface area contributed by atoms with Crippen LogP contribution in [0.25, 0.3) is 22.1 Å². The van der Waals surface area contributed by atoms with Gasteiger partial charge in [0.05, 0.1) is 22.2 Å². The normalized spacial score (nSPS) is 12.0. The average molecular weight is 423 g/mol. The van der Waals surface area contributed by atoms with Crippen LogP contribution < -0.4 is 25.3 Å². The Hall–Kier alpha value is -3.39. The molecule has 2 N–H and O–H groups in total. The average Bonchev–Trinajstić information content (AvgIpc) is 3.18. The summed E-state index contributed by atoms with van der Waals surface area (Å²) in [6.45, 7) is 6.11. The zero-order valence-electron chi connectivity index (χ0n) is 16.9. The molecular formula is C22H21N3O4S. The van der Waals surface area contributed by atoms with Gasteiger partial charge in [-0.3, -0.25) is 9.59 Å². The number of nitrogens with two attached hydrogens (primary N) is 1. The van der Waals surface area contributed by atoms with E-state index >= 15 is 0 Å². The van der Waals surface area contributed by atoms with Gasteiger partial charge in [0.15, 0.2) is 23.1 Å². The van der Waals surface area contributed by atoms with E-state index in [1.54, 1.807) is 28.7 Å². The minimum Gasteiger partial charge on any atom is -0.490 e. The monoisotopic (exact) mass is 423 g/mol. The molecule has 0 aliphatic rings. The Kier molecular flexibility index (Phi) is 5.17. The Morgan fingerprint density at radius 2 is 1.93 bits per heavy atom. The van der Waals surface area contributed by atoms with Crippen molar-refractivity contribution in [3.05, 3.63) is 61.9 Å². The number of ether oxygens (including phenoxy) is 2. The summed E-state index contributed by atoms with van der Waals surface area (Å²) in [6, 6.07) is 9.28. The van der Waals surface area contributed by atoms with Crippen LogP contribution in [0.3, 0.4) is 0 Å². The predicted octanol–water partition coefficient (Wildman–Crippen LogP) is 2.34. The van der Waals surface area contributed by atoms with E-state index in [4.69, 9.17) is 15.2 Å². The molecule has 0 bridgehead atoms. The van der Waals surface area contributed by atoms with Crippen LogP contribution in [0.5, 0.6) is 11.5 Å². The maximum atomic E-state index is 13.1. The Morgan fingerprint density at radius 3 is 2.67 bits per heavy atom. The molecule has 0 aliphatic carbocycles. The molecule has 4 aromatic rings. The molecule has 0 radical (unpaired) electrons. The summed E-state index contributed by atoms with van der Waals surface area (Å²) in [5.74, 6) is 0.342. The summed E-state index contributed by atoms with van der Waals surface area (Å²) in [7, 11) is 0. The molecule has 0 fully saturated rings. The lowest BCUT2D eigenvalue weighted by Crippen LogP contribution is -2.22. The van der Waals surface area contributed by atoms with Crippen molar-refractivity contribution >= 4 is 39.3 Å². The SMILES string of the molecule is CCOc1cc(/C=c2\sc3nc4cc(C)c(C)cc4n3c2=O)ccc1OCC(N)=O. The number of hydrogen-bond donors (Lipinski definition) is 1. The van der Waals surface area contributed by atoms with E-state index in [1.165, 1.54) is 11.3 Å². The van der Waals surface area contributed by atoms with Crippen LogP contribution in [0.4, 0.5) is 0 Å². The third-order valence-electron chi connectivity index (χ3n) is 4.79. The highest BCUT2D eigenvalue weighted by molar-refractivity contribution is 7.15. The fourth-order valence-corrected chi connectivity index (χ4v) is 4.21. The second kappa shape index (κ2) is 7.79. The summed E-state index contributed by atoms with van der Waals surface area (Å²) in [5, 5.41) is 0. The Balaban J connectivity index is 1.80. The second-order valence-electron chi connectivity index (χ2n) is 6.96. The van der Waals surface area contributed by atoms with Gasteiger partial charge < -0.3 is 15.2 Å². The molecule has 0 aliphatic heterocycles. The van der Waals surface area contributed by atoms with Gasteiger partial charge in [0.25, 0.3) is 11.5 Å². The van der Waals surface area contributed by atoms with Gasteiger partial charge in [-0.25, -0.2) is 9.38 Å². The molecule has 0 saturated heterocycles. The van der Waals surface area contributed by atoms with Crippen LogP contribution in [0.15, 0.2) is 35.1 Å². The van der Waals surface area contributed by atoms with Crippen LogP contribution in [0.1, 0.15) is 23.6 Å². The minimum absolute atomic E-state index is 0.104. The molecule has 2 heterocycles. The largest absolute Gasteiger partial charge is 0.490 e. The van der Waals surface area contributed by atoms with Crippen molar-refractivity contribution in [2.45, 2.75) is 20.8 Å². The first kappa shape index (κ1) is 19.9. The summed E-state index contributed by atoms with van der Waals surface area (Å²) in [4.78, 5) is 29.3. The number of imidazole rings is 1. The highest BCUT2D eigenvalue weighted by atomic mass is 32.1. The fourth-order valence-electron chi connectivity index (χ4n) is 3.22. The number of rotatable bonds is 6. The van der Waals surface area contributed by atoms with Gasteiger partial charge in [-0.15, -0.1) is 0 Å². The van der Waals surface area contributed by atoms with Crippen LogP contribution in [0, 0.1) is 13.8 Å². The molecule has 7 nitrogen and oxygen atoms in total. The van der Waals surface area contributed by atoms with Gasteiger partial charge in [0.2, 0.25) is 0 Å². The van der Waals surface area contributed by atoms with E-state index in [0.717, 1.165) is 27.7 Å². The molecule has 0 unspecified atom stereocenters. The molecule has 0 saturated carbocycles. The van der Waals surface area contributed by atoms with Crippen LogP contribution >= 0.6 is 11.3 Å². The molecular weight excluding hydrogens is 402 g/mol. The van der Waals surface area contributed by atoms with Crippen molar-refractivity contribution in [2.75, 3.05) is 13.2 Å². The molecule has 2 aromatic heterocycles. The van der Waals surface area contributed by atoms with Crippen LogP contribution in [-0.2, 0) is 4.79 Å². The fraction of sp³-hybridized carbons (Fsp3) is 0.227. The number of primary amides is 1. The Morgan fingerprint density at radius 1 is 1.17 bits per heavy atom. The van der Waals surface area contributed by atoms with Crippen molar-refractivity contribution in [2.24, 2.45) is 5.73 Å². The van der Waals surface area contributed by atoms with Crippen molar-refractivity contribution in [3.63, 3.8) is 0 Å². The van der Waals surface area contributed by atoms with E-state index in [-0.39, 0.29) is 12.2 Å². The first-order valence-corrected chi connectivity index (χ1v) is 10.3. The number of carbonyl (C=O) groups excluding carboxylic acids is 1. The lowest BCUT2D eigenvalue weighted by molar-refractivity contribution is -0.119. The molecule has 2 aromatic carbocycles. The van der Waals surface area contributed by atoms with Crippen molar-refractivity contribution in [3.8, 4) is 11.5 Å². The molecule has 4 rings (SSSR count). The van der Waals surface area contributed by atoms with Gasteiger partial charge >= 0.3 is 0 Å². The third kappa shape index (κ3) is 3.61. The maximum absolute atomic E-state index is 13.1. The first-order chi connectivity index (χ1) is 14.4. The van der Waals surface area contributed by atoms with Gasteiger partial charge in [-0.2, -0.15) is 0 Å². The van der Waals surface area contributed by atoms with Crippen molar-refractivity contribution in [1.29, 1.82) is 0 Å². The van der Waals surface area contributed by atoms with Crippen LogP contribution in [-0.4, -0.2) is 28.5 Å². The quantitative estimate of drug-likeness (QED) is 0.514. The highest BCUT2D eigenvalue weighted by Crippen LogP contribution is 2.29. The maximum Gasteiger partial charge on any atom is 0.274 e. The standard InChI is InChI=1S/C22H21N3O4S/c1-4-28-18-9-14(5-6-17(18)29-11-20(23)26)10-19-21(27)25-16-8-13(3)12(2)7-15(16)24-22(25)30-19/h5-10H,4,11H2,1-3H3,(H2,23,26)/b19-10-. The lowest BCUT2D eigenvalue weighted by atomic mass is 10.1. The lowest BCUT2D eigenvalue weighted by Gasteiger charge is -2.11. The van der Waals surface area contributed by atoms with Gasteiger partial charge in [-0.1, -0.05) is 17.4 Å². The van der Waals surface area contributed by atoms with Crippen LogP contribution in [0.2, 0.25) is 0 Å². The number of hydrogen-bond acceptors (Lipinski definition) is 6. The number of nitrogens with zero attached hydrogens (tertiary/aromatic N) is 2. The number of aryl methyl sites for hydroxylation is 2. The topological polar surface area (TPSA) is 95.9 Å². The molecule has 8 heteroatoms. The summed E-state index contributed by atoms with van der Waals surface area (Å²) in [5.41, 5.74) is 9.73. The molecule has 0 spiro atoms. The van der Waals surface area contributed by atoms with Crippen molar-refractivity contribution in [1.82, 2.24) is 9.38 Å². The Labute approximate surface area is 176 Å². The first-order valence-electron chi connectivity index (χ1n) is 9.49. The summed E-state index contributed by atoms with van der Waals surface area (Å²) < 4.78 is 13.2. The smallest absolute Gasteiger partial charge is 0.274 e. The Bertz CT molecular complexity index is 1390. The number of aromatic nitrogens is 2. The number of carbonyl (C=O) groups is 1. The van der Waals surface area contributed by atoms with Gasteiger partial charge in [0, 0.05) is 0 Å². The van der Waals surface area contributed by atoms with E-state index in [0.29, 0.717) is 27.6 Å². The molecule has 1 amide bonds. The van der Waals surface area contributed by atoms with Gasteiger partial charge in [-0.05, 0) is 67.8 Å². The minimum atomic E-state index is -0.566. The number of fused-ring (bicyclic) bond motifs is 3. The molecule has 154 valence electrons. The number of thiazole rings is 1. The molecule has 0 atom stereocenters. The summed E-state index contributed by atoms with van der Waals surface area (Å²) in [6.07, 6.45) is 1.80. The number of amides is 1. The second-order valence-corrected chi connectivity index (χ2v) is 7.97. The number of benzene rings is 2. The zero-order chi connectivity index (χ0) is 21.4. The van der Waals surface area contributed by atoms with Gasteiger partial charge in [0.1, 0.15) is 0 Å². The predicted molar refractivity (Wildman–Crippen MR) is 117 cm³/mol. The van der Waals surface area contributed by atoms with E-state index in [2.05, 4.69) is 4.98 Å². The zero-order valence-corrected chi connectivity index (χ0v) is 17.7. The molecule has 30 heavy (non-hydrogen) atoms. The highest BCUT2D eigenvalue weighted by Gasteiger charge is 2.13. The van der Waals surface area contributed by atoms with E-state index in [9.17, 15) is 9.59 Å². The third-order valence-corrected chi connectivity index (χ3v) is 5.76. The van der Waals surface area contributed by atoms with E-state index < -0.39 is 5.91 Å². The van der Waals surface area contributed by atoms with E-state index in [1.807, 2.05) is 32.9 Å². The van der Waals surface area contributed by atoms with Crippen molar-refractivity contribution < 1.29 is 14.3 Å². The summed E-state index contributed by atoms with van der Waals surface area (Å²) >= 11 is 1.34.